The molecule has 2 aromatic heterocycles. The second-order valence-electron chi connectivity index (χ2n) is 4.75. The van der Waals surface area contributed by atoms with Crippen LogP contribution in [-0.2, 0) is 6.54 Å². The molecule has 0 bridgehead atoms. The molecule has 1 N–H and O–H groups in total. The number of amides is 1. The molecule has 0 aliphatic rings. The molecule has 0 unspecified atom stereocenters. The lowest BCUT2D eigenvalue weighted by Gasteiger charge is -2.06. The second kappa shape index (κ2) is 6.22. The predicted octanol–water partition coefficient (Wildman–Crippen LogP) is 3.41. The van der Waals surface area contributed by atoms with Gasteiger partial charge < -0.3 is 9.73 Å². The molecule has 110 valence electrons. The molecule has 1 amide bonds. The Bertz CT molecular complexity index is 785. The number of carbonyl (C=O) groups excluding carboxylic acids is 1. The quantitative estimate of drug-likeness (QED) is 0.802. The first-order valence-electron chi connectivity index (χ1n) is 6.74. The molecule has 0 atom stereocenters. The van der Waals surface area contributed by atoms with E-state index in [2.05, 4.69) is 10.3 Å². The van der Waals surface area contributed by atoms with Crippen LogP contribution in [0.5, 0.6) is 0 Å². The fraction of sp³-hybridized carbons (Fsp3) is 0.0588. The lowest BCUT2D eigenvalue weighted by Crippen LogP contribution is -2.22. The van der Waals surface area contributed by atoms with Gasteiger partial charge in [-0.2, -0.15) is 0 Å². The van der Waals surface area contributed by atoms with E-state index in [0.717, 1.165) is 11.1 Å². The average molecular weight is 296 g/mol. The van der Waals surface area contributed by atoms with Gasteiger partial charge >= 0.3 is 0 Å². The number of benzene rings is 1. The van der Waals surface area contributed by atoms with Gasteiger partial charge in [-0.1, -0.05) is 6.07 Å². The van der Waals surface area contributed by atoms with Crippen molar-refractivity contribution in [2.75, 3.05) is 0 Å². The predicted molar refractivity (Wildman–Crippen MR) is 79.5 cm³/mol. The number of nitrogens with one attached hydrogen (secondary N) is 1. The molecule has 0 radical (unpaired) electrons. The van der Waals surface area contributed by atoms with E-state index in [9.17, 15) is 9.18 Å². The Morgan fingerprint density at radius 2 is 2.09 bits per heavy atom. The van der Waals surface area contributed by atoms with E-state index in [1.165, 1.54) is 18.2 Å². The van der Waals surface area contributed by atoms with Gasteiger partial charge in [0.2, 0.25) is 0 Å². The van der Waals surface area contributed by atoms with E-state index in [1.807, 2.05) is 12.1 Å². The van der Waals surface area contributed by atoms with Crippen molar-refractivity contribution in [3.05, 3.63) is 78.1 Å². The molecule has 0 aliphatic carbocycles. The maximum absolute atomic E-state index is 13.1. The number of hydrogen-bond acceptors (Lipinski definition) is 3. The lowest BCUT2D eigenvalue weighted by atomic mass is 10.1. The Balaban J connectivity index is 1.69. The molecular formula is C17H13FN2O2. The summed E-state index contributed by atoms with van der Waals surface area (Å²) in [5.74, 6) is -0.0529. The minimum Gasteiger partial charge on any atom is -0.464 e. The first kappa shape index (κ1) is 14.0. The molecular weight excluding hydrogens is 283 g/mol. The van der Waals surface area contributed by atoms with Crippen LogP contribution in [-0.4, -0.2) is 10.9 Å². The van der Waals surface area contributed by atoms with Crippen molar-refractivity contribution in [1.29, 1.82) is 0 Å². The summed E-state index contributed by atoms with van der Waals surface area (Å²) >= 11 is 0. The lowest BCUT2D eigenvalue weighted by molar-refractivity contribution is 0.0950. The van der Waals surface area contributed by atoms with E-state index < -0.39 is 5.82 Å². The first-order valence-corrected chi connectivity index (χ1v) is 6.74. The fourth-order valence-electron chi connectivity index (χ4n) is 2.08. The first-order chi connectivity index (χ1) is 10.7. The van der Waals surface area contributed by atoms with Crippen LogP contribution in [0.25, 0.3) is 11.3 Å². The third kappa shape index (κ3) is 3.20. The summed E-state index contributed by atoms with van der Waals surface area (Å²) in [6, 6.07) is 11.1. The average Bonchev–Trinajstić information content (AvgIpc) is 3.07. The number of aromatic nitrogens is 1. The van der Waals surface area contributed by atoms with E-state index >= 15 is 0 Å². The molecule has 0 saturated heterocycles. The molecule has 3 rings (SSSR count). The Morgan fingerprint density at radius 3 is 2.86 bits per heavy atom. The van der Waals surface area contributed by atoms with E-state index in [-0.39, 0.29) is 11.5 Å². The zero-order valence-corrected chi connectivity index (χ0v) is 11.6. The zero-order valence-electron chi connectivity index (χ0n) is 11.6. The Kier molecular flexibility index (Phi) is 3.96. The molecule has 2 heterocycles. The van der Waals surface area contributed by atoms with Gasteiger partial charge in [-0.3, -0.25) is 9.78 Å². The van der Waals surface area contributed by atoms with Crippen LogP contribution < -0.4 is 5.32 Å². The van der Waals surface area contributed by atoms with Crippen molar-refractivity contribution in [3.8, 4) is 11.3 Å². The smallest absolute Gasteiger partial charge is 0.251 e. The van der Waals surface area contributed by atoms with E-state index in [0.29, 0.717) is 12.3 Å². The molecule has 0 aliphatic heterocycles. The number of hydrogen-bond donors (Lipinski definition) is 1. The Hall–Kier alpha value is -2.95. The summed E-state index contributed by atoms with van der Waals surface area (Å²) in [6.07, 6.45) is 4.95. The van der Waals surface area contributed by atoms with Crippen LogP contribution >= 0.6 is 0 Å². The summed E-state index contributed by atoms with van der Waals surface area (Å²) < 4.78 is 18.4. The molecule has 0 fully saturated rings. The summed E-state index contributed by atoms with van der Waals surface area (Å²) in [5.41, 5.74) is 1.95. The summed E-state index contributed by atoms with van der Waals surface area (Å²) in [4.78, 5) is 16.1. The number of nitrogens with zero attached hydrogens (tertiary/aromatic N) is 1. The monoisotopic (exact) mass is 296 g/mol. The molecule has 22 heavy (non-hydrogen) atoms. The Labute approximate surface area is 126 Å². The van der Waals surface area contributed by atoms with Crippen molar-refractivity contribution in [2.45, 2.75) is 6.54 Å². The minimum atomic E-state index is -0.436. The highest BCUT2D eigenvalue weighted by Crippen LogP contribution is 2.19. The number of furan rings is 1. The largest absolute Gasteiger partial charge is 0.464 e. The highest BCUT2D eigenvalue weighted by molar-refractivity contribution is 5.94. The molecule has 5 heteroatoms. The Morgan fingerprint density at radius 1 is 1.18 bits per heavy atom. The number of pyridine rings is 1. The van der Waals surface area contributed by atoms with Crippen LogP contribution in [0.3, 0.4) is 0 Å². The van der Waals surface area contributed by atoms with Crippen LogP contribution in [0.1, 0.15) is 15.9 Å². The van der Waals surface area contributed by atoms with Gasteiger partial charge in [0.05, 0.1) is 6.26 Å². The van der Waals surface area contributed by atoms with E-state index in [4.69, 9.17) is 4.42 Å². The van der Waals surface area contributed by atoms with Gasteiger partial charge in [-0.05, 0) is 42.0 Å². The minimum absolute atomic E-state index is 0.287. The molecule has 0 spiro atoms. The maximum atomic E-state index is 13.1. The number of halogens is 1. The van der Waals surface area contributed by atoms with Crippen molar-refractivity contribution >= 4 is 5.91 Å². The van der Waals surface area contributed by atoms with Gasteiger partial charge in [0.25, 0.3) is 5.91 Å². The third-order valence-corrected chi connectivity index (χ3v) is 3.14. The summed E-state index contributed by atoms with van der Waals surface area (Å²) in [6.45, 7) is 0.302. The third-order valence-electron chi connectivity index (χ3n) is 3.14. The highest BCUT2D eigenvalue weighted by Gasteiger charge is 2.07. The number of rotatable bonds is 4. The molecule has 3 aromatic rings. The molecule has 1 aromatic carbocycles. The second-order valence-corrected chi connectivity index (χ2v) is 4.75. The fourth-order valence-corrected chi connectivity index (χ4v) is 2.08. The number of carbonyl (C=O) groups is 1. The summed E-state index contributed by atoms with van der Waals surface area (Å²) in [5, 5.41) is 2.74. The standard InChI is InChI=1S/C17H13FN2O2/c18-15-4-1-3-13(8-15)17(21)20-10-12-7-14(11-19-9-12)16-5-2-6-22-16/h1-9,11H,10H2,(H,20,21). The van der Waals surface area contributed by atoms with Crippen molar-refractivity contribution in [1.82, 2.24) is 10.3 Å². The topological polar surface area (TPSA) is 55.1 Å². The van der Waals surface area contributed by atoms with Crippen molar-refractivity contribution in [2.24, 2.45) is 0 Å². The normalized spacial score (nSPS) is 10.4. The van der Waals surface area contributed by atoms with E-state index in [1.54, 1.807) is 30.8 Å². The van der Waals surface area contributed by atoms with Gasteiger partial charge in [-0.15, -0.1) is 0 Å². The van der Waals surface area contributed by atoms with Gasteiger partial charge in [0, 0.05) is 30.1 Å². The van der Waals surface area contributed by atoms with Crippen LogP contribution in [0.2, 0.25) is 0 Å². The van der Waals surface area contributed by atoms with Gasteiger partial charge in [0.1, 0.15) is 11.6 Å². The maximum Gasteiger partial charge on any atom is 0.251 e. The van der Waals surface area contributed by atoms with Gasteiger partial charge in [0.15, 0.2) is 0 Å². The zero-order chi connectivity index (χ0) is 15.4. The molecule has 0 saturated carbocycles. The van der Waals surface area contributed by atoms with Gasteiger partial charge in [-0.25, -0.2) is 4.39 Å². The van der Waals surface area contributed by atoms with Crippen LogP contribution in [0.15, 0.2) is 65.5 Å². The summed E-state index contributed by atoms with van der Waals surface area (Å²) in [7, 11) is 0. The van der Waals surface area contributed by atoms with Crippen molar-refractivity contribution < 1.29 is 13.6 Å². The SMILES string of the molecule is O=C(NCc1cncc(-c2ccco2)c1)c1cccc(F)c1. The van der Waals surface area contributed by atoms with Crippen molar-refractivity contribution in [3.63, 3.8) is 0 Å². The highest BCUT2D eigenvalue weighted by atomic mass is 19.1. The van der Waals surface area contributed by atoms with Crippen LogP contribution in [0.4, 0.5) is 4.39 Å². The van der Waals surface area contributed by atoms with Crippen LogP contribution in [0, 0.1) is 5.82 Å². The molecule has 4 nitrogen and oxygen atoms in total.